The van der Waals surface area contributed by atoms with Crippen molar-refractivity contribution in [3.05, 3.63) is 22.4 Å². The number of amides is 1. The van der Waals surface area contributed by atoms with E-state index in [1.807, 2.05) is 23.8 Å². The van der Waals surface area contributed by atoms with Crippen LogP contribution in [0.4, 0.5) is 13.2 Å². The van der Waals surface area contributed by atoms with Crippen molar-refractivity contribution in [2.45, 2.75) is 51.0 Å². The second-order valence-electron chi connectivity index (χ2n) is 5.22. The lowest BCUT2D eigenvalue weighted by Crippen LogP contribution is -2.32. The number of hydrogen-bond acceptors (Lipinski definition) is 3. The number of rotatable bonds is 6. The van der Waals surface area contributed by atoms with Gasteiger partial charge < -0.3 is 4.90 Å². The monoisotopic (exact) mass is 320 g/mol. The molecule has 1 saturated heterocycles. The van der Waals surface area contributed by atoms with Crippen LogP contribution >= 0.6 is 11.3 Å². The maximum absolute atomic E-state index is 12.3. The summed E-state index contributed by atoms with van der Waals surface area (Å²) in [4.78, 5) is 13.9. The summed E-state index contributed by atoms with van der Waals surface area (Å²) in [6.45, 7) is 2.12. The van der Waals surface area contributed by atoms with Gasteiger partial charge in [0.1, 0.15) is 6.17 Å². The Morgan fingerprint density at radius 2 is 2.19 bits per heavy atom. The van der Waals surface area contributed by atoms with Crippen LogP contribution in [0.15, 0.2) is 16.8 Å². The SMILES string of the molecule is CCCC1NC(c2ccsc2)N(CCCC(F)(F)F)C1=O. The third kappa shape index (κ3) is 4.20. The summed E-state index contributed by atoms with van der Waals surface area (Å²) in [5.41, 5.74) is 0.943. The van der Waals surface area contributed by atoms with Gasteiger partial charge in [0, 0.05) is 13.0 Å². The van der Waals surface area contributed by atoms with E-state index in [0.717, 1.165) is 12.0 Å². The van der Waals surface area contributed by atoms with E-state index in [1.54, 1.807) is 4.90 Å². The van der Waals surface area contributed by atoms with Crippen LogP contribution in [-0.4, -0.2) is 29.6 Å². The van der Waals surface area contributed by atoms with Crippen molar-refractivity contribution in [1.82, 2.24) is 10.2 Å². The largest absolute Gasteiger partial charge is 0.389 e. The Kier molecular flexibility index (Phi) is 5.27. The predicted molar refractivity (Wildman–Crippen MR) is 75.9 cm³/mol. The number of alkyl halides is 3. The van der Waals surface area contributed by atoms with E-state index in [4.69, 9.17) is 0 Å². The van der Waals surface area contributed by atoms with Crippen molar-refractivity contribution < 1.29 is 18.0 Å². The summed E-state index contributed by atoms with van der Waals surface area (Å²) in [6.07, 6.45) is -3.82. The third-order valence-electron chi connectivity index (χ3n) is 3.55. The topological polar surface area (TPSA) is 32.3 Å². The Morgan fingerprint density at radius 1 is 1.43 bits per heavy atom. The second kappa shape index (κ2) is 6.79. The number of nitrogens with one attached hydrogen (secondary N) is 1. The molecule has 7 heteroatoms. The molecule has 1 aromatic heterocycles. The second-order valence-corrected chi connectivity index (χ2v) is 6.00. The Bertz CT molecular complexity index is 461. The van der Waals surface area contributed by atoms with Crippen molar-refractivity contribution in [2.75, 3.05) is 6.54 Å². The molecule has 0 aliphatic carbocycles. The highest BCUT2D eigenvalue weighted by Crippen LogP contribution is 2.30. The van der Waals surface area contributed by atoms with Crippen LogP contribution in [0.5, 0.6) is 0 Å². The molecule has 2 rings (SSSR count). The molecule has 1 aromatic rings. The standard InChI is InChI=1S/C14H19F3N2OS/c1-2-4-11-13(20)19(7-3-6-14(15,16)17)12(18-11)10-5-8-21-9-10/h5,8-9,11-12,18H,2-4,6-7H2,1H3. The number of nitrogens with zero attached hydrogens (tertiary/aromatic N) is 1. The van der Waals surface area contributed by atoms with E-state index in [1.165, 1.54) is 11.3 Å². The van der Waals surface area contributed by atoms with Crippen LogP contribution in [0.2, 0.25) is 0 Å². The molecular weight excluding hydrogens is 301 g/mol. The van der Waals surface area contributed by atoms with E-state index < -0.39 is 12.6 Å². The molecule has 0 aromatic carbocycles. The lowest BCUT2D eigenvalue weighted by Gasteiger charge is -2.23. The van der Waals surface area contributed by atoms with Gasteiger partial charge in [-0.1, -0.05) is 13.3 Å². The first-order chi connectivity index (χ1) is 9.92. The zero-order chi connectivity index (χ0) is 15.5. The van der Waals surface area contributed by atoms with Crippen molar-refractivity contribution in [1.29, 1.82) is 0 Å². The number of carbonyl (C=O) groups excluding carboxylic acids is 1. The van der Waals surface area contributed by atoms with Crippen molar-refractivity contribution >= 4 is 17.2 Å². The minimum Gasteiger partial charge on any atom is -0.322 e. The van der Waals surface area contributed by atoms with Crippen molar-refractivity contribution in [3.63, 3.8) is 0 Å². The highest BCUT2D eigenvalue weighted by Gasteiger charge is 2.39. The minimum absolute atomic E-state index is 0.0591. The Morgan fingerprint density at radius 3 is 2.76 bits per heavy atom. The molecule has 2 heterocycles. The molecule has 1 fully saturated rings. The summed E-state index contributed by atoms with van der Waals surface area (Å²) in [5.74, 6) is -0.0878. The molecule has 118 valence electrons. The Hall–Kier alpha value is -1.08. The first-order valence-corrected chi connectivity index (χ1v) is 8.02. The van der Waals surface area contributed by atoms with Crippen LogP contribution in [0.1, 0.15) is 44.3 Å². The molecule has 1 aliphatic heterocycles. The molecule has 3 nitrogen and oxygen atoms in total. The van der Waals surface area contributed by atoms with Gasteiger partial charge in [-0.05, 0) is 35.2 Å². The quantitative estimate of drug-likeness (QED) is 0.867. The molecule has 0 bridgehead atoms. The van der Waals surface area contributed by atoms with Crippen molar-refractivity contribution in [2.24, 2.45) is 0 Å². The highest BCUT2D eigenvalue weighted by molar-refractivity contribution is 7.07. The number of hydrogen-bond donors (Lipinski definition) is 1. The summed E-state index contributed by atoms with van der Waals surface area (Å²) in [7, 11) is 0. The van der Waals surface area contributed by atoms with E-state index in [-0.39, 0.29) is 31.1 Å². The zero-order valence-electron chi connectivity index (χ0n) is 11.8. The van der Waals surface area contributed by atoms with Crippen LogP contribution in [0.3, 0.4) is 0 Å². The molecule has 0 saturated carbocycles. The normalized spacial score (nSPS) is 23.0. The average Bonchev–Trinajstić information content (AvgIpc) is 3.00. The highest BCUT2D eigenvalue weighted by atomic mass is 32.1. The summed E-state index contributed by atoms with van der Waals surface area (Å²) in [6, 6.07) is 1.62. The first-order valence-electron chi connectivity index (χ1n) is 7.07. The number of thiophene rings is 1. The van der Waals surface area contributed by atoms with E-state index in [2.05, 4.69) is 5.32 Å². The molecular formula is C14H19F3N2OS. The third-order valence-corrected chi connectivity index (χ3v) is 4.25. The Balaban J connectivity index is 2.04. The van der Waals surface area contributed by atoms with Crippen molar-refractivity contribution in [3.8, 4) is 0 Å². The zero-order valence-corrected chi connectivity index (χ0v) is 12.6. The number of halogens is 3. The van der Waals surface area contributed by atoms with Crippen LogP contribution in [0.25, 0.3) is 0 Å². The fourth-order valence-electron chi connectivity index (χ4n) is 2.57. The minimum atomic E-state index is -4.17. The molecule has 1 amide bonds. The first kappa shape index (κ1) is 16.3. The molecule has 21 heavy (non-hydrogen) atoms. The van der Waals surface area contributed by atoms with Gasteiger partial charge in [-0.2, -0.15) is 24.5 Å². The van der Waals surface area contributed by atoms with Gasteiger partial charge in [-0.25, -0.2) is 0 Å². The average molecular weight is 320 g/mol. The summed E-state index contributed by atoms with van der Waals surface area (Å²) < 4.78 is 36.8. The van der Waals surface area contributed by atoms with E-state index in [9.17, 15) is 18.0 Å². The van der Waals surface area contributed by atoms with E-state index >= 15 is 0 Å². The van der Waals surface area contributed by atoms with Crippen LogP contribution in [-0.2, 0) is 4.79 Å². The van der Waals surface area contributed by atoms with E-state index in [0.29, 0.717) is 6.42 Å². The van der Waals surface area contributed by atoms with Gasteiger partial charge in [0.25, 0.3) is 0 Å². The molecule has 2 atom stereocenters. The summed E-state index contributed by atoms with van der Waals surface area (Å²) >= 11 is 1.51. The number of carbonyl (C=O) groups is 1. The van der Waals surface area contributed by atoms with Gasteiger partial charge in [0.05, 0.1) is 6.04 Å². The Labute approximate surface area is 126 Å². The lowest BCUT2D eigenvalue weighted by molar-refractivity contribution is -0.140. The maximum atomic E-state index is 12.3. The van der Waals surface area contributed by atoms with Gasteiger partial charge in [0.2, 0.25) is 5.91 Å². The maximum Gasteiger partial charge on any atom is 0.389 e. The smallest absolute Gasteiger partial charge is 0.322 e. The summed E-state index contributed by atoms with van der Waals surface area (Å²) in [5, 5.41) is 7.08. The molecule has 0 radical (unpaired) electrons. The van der Waals surface area contributed by atoms with Crippen LogP contribution < -0.4 is 5.32 Å². The fraction of sp³-hybridized carbons (Fsp3) is 0.643. The van der Waals surface area contributed by atoms with Crippen LogP contribution in [0, 0.1) is 0 Å². The molecule has 1 aliphatic rings. The fourth-order valence-corrected chi connectivity index (χ4v) is 3.25. The van der Waals surface area contributed by atoms with Gasteiger partial charge in [-0.3, -0.25) is 10.1 Å². The van der Waals surface area contributed by atoms with Gasteiger partial charge in [-0.15, -0.1) is 0 Å². The van der Waals surface area contributed by atoms with Gasteiger partial charge in [0.15, 0.2) is 0 Å². The molecule has 2 unspecified atom stereocenters. The van der Waals surface area contributed by atoms with Gasteiger partial charge >= 0.3 is 6.18 Å². The lowest BCUT2D eigenvalue weighted by atomic mass is 10.1. The molecule has 0 spiro atoms. The molecule has 1 N–H and O–H groups in total. The predicted octanol–water partition coefficient (Wildman–Crippen LogP) is 3.69.